The third kappa shape index (κ3) is 3.34. The SMILES string of the molecule is COc1nc(CNC(=O)c2ccc3ncsc3c2)nc(OC)n1. The van der Waals surface area contributed by atoms with Gasteiger partial charge in [0.2, 0.25) is 0 Å². The number of benzene rings is 1. The number of carbonyl (C=O) groups excluding carboxylic acids is 1. The topological polar surface area (TPSA) is 99.1 Å². The van der Waals surface area contributed by atoms with Crippen molar-refractivity contribution >= 4 is 27.5 Å². The van der Waals surface area contributed by atoms with Gasteiger partial charge in [0.05, 0.1) is 36.5 Å². The molecule has 0 saturated heterocycles. The second-order valence-electron chi connectivity index (χ2n) is 4.44. The van der Waals surface area contributed by atoms with Crippen molar-refractivity contribution in [3.63, 3.8) is 0 Å². The minimum atomic E-state index is -0.223. The van der Waals surface area contributed by atoms with Gasteiger partial charge in [0, 0.05) is 5.56 Å². The van der Waals surface area contributed by atoms with Gasteiger partial charge in [-0.05, 0) is 18.2 Å². The van der Waals surface area contributed by atoms with E-state index in [2.05, 4.69) is 25.3 Å². The lowest BCUT2D eigenvalue weighted by Gasteiger charge is -2.07. The van der Waals surface area contributed by atoms with Crippen LogP contribution in [0.15, 0.2) is 23.7 Å². The molecule has 3 aromatic rings. The fourth-order valence-corrected chi connectivity index (χ4v) is 2.61. The third-order valence-corrected chi connectivity index (χ3v) is 3.80. The molecule has 0 fully saturated rings. The number of amides is 1. The first-order valence-electron chi connectivity index (χ1n) is 6.64. The number of thiazole rings is 1. The molecule has 0 radical (unpaired) electrons. The number of aromatic nitrogens is 4. The first kappa shape index (κ1) is 15.1. The van der Waals surface area contributed by atoms with E-state index in [1.54, 1.807) is 17.6 Å². The Kier molecular flexibility index (Phi) is 4.29. The van der Waals surface area contributed by atoms with Crippen LogP contribution in [0, 0.1) is 0 Å². The Bertz CT molecular complexity index is 829. The Hall–Kier alpha value is -2.81. The van der Waals surface area contributed by atoms with Crippen LogP contribution in [-0.4, -0.2) is 40.1 Å². The van der Waals surface area contributed by atoms with E-state index in [1.165, 1.54) is 25.6 Å². The van der Waals surface area contributed by atoms with Crippen LogP contribution >= 0.6 is 11.3 Å². The molecule has 1 aromatic carbocycles. The number of nitrogens with one attached hydrogen (secondary N) is 1. The molecule has 0 spiro atoms. The number of hydrogen-bond acceptors (Lipinski definition) is 8. The monoisotopic (exact) mass is 331 g/mol. The van der Waals surface area contributed by atoms with Gasteiger partial charge in [-0.3, -0.25) is 4.79 Å². The van der Waals surface area contributed by atoms with Crippen LogP contribution in [-0.2, 0) is 6.54 Å². The number of methoxy groups -OCH3 is 2. The largest absolute Gasteiger partial charge is 0.467 e. The molecule has 118 valence electrons. The van der Waals surface area contributed by atoms with E-state index in [-0.39, 0.29) is 24.5 Å². The van der Waals surface area contributed by atoms with Gasteiger partial charge in [-0.1, -0.05) is 0 Å². The van der Waals surface area contributed by atoms with Gasteiger partial charge in [0.1, 0.15) is 0 Å². The van der Waals surface area contributed by atoms with Gasteiger partial charge < -0.3 is 14.8 Å². The molecule has 0 unspecified atom stereocenters. The number of rotatable bonds is 5. The molecule has 0 aliphatic heterocycles. The van der Waals surface area contributed by atoms with Gasteiger partial charge in [0.25, 0.3) is 5.91 Å². The van der Waals surface area contributed by atoms with E-state index in [9.17, 15) is 4.79 Å². The van der Waals surface area contributed by atoms with Crippen LogP contribution in [0.3, 0.4) is 0 Å². The van der Waals surface area contributed by atoms with Crippen LogP contribution in [0.1, 0.15) is 16.2 Å². The Balaban J connectivity index is 1.73. The van der Waals surface area contributed by atoms with Crippen LogP contribution < -0.4 is 14.8 Å². The van der Waals surface area contributed by atoms with E-state index < -0.39 is 0 Å². The van der Waals surface area contributed by atoms with Crippen molar-refractivity contribution in [2.75, 3.05) is 14.2 Å². The van der Waals surface area contributed by atoms with Crippen molar-refractivity contribution in [1.29, 1.82) is 0 Å². The Labute approximate surface area is 135 Å². The molecule has 0 bridgehead atoms. The summed E-state index contributed by atoms with van der Waals surface area (Å²) in [6.45, 7) is 0.134. The lowest BCUT2D eigenvalue weighted by Crippen LogP contribution is -2.24. The molecule has 0 saturated carbocycles. The van der Waals surface area contributed by atoms with E-state index in [0.717, 1.165) is 10.2 Å². The number of nitrogens with zero attached hydrogens (tertiary/aromatic N) is 4. The Morgan fingerprint density at radius 2 is 1.91 bits per heavy atom. The van der Waals surface area contributed by atoms with Crippen molar-refractivity contribution < 1.29 is 14.3 Å². The van der Waals surface area contributed by atoms with E-state index in [4.69, 9.17) is 9.47 Å². The van der Waals surface area contributed by atoms with Gasteiger partial charge in [-0.25, -0.2) is 4.98 Å². The highest BCUT2D eigenvalue weighted by Gasteiger charge is 2.11. The third-order valence-electron chi connectivity index (χ3n) is 3.01. The lowest BCUT2D eigenvalue weighted by atomic mass is 10.2. The minimum Gasteiger partial charge on any atom is -0.467 e. The van der Waals surface area contributed by atoms with Crippen LogP contribution in [0.25, 0.3) is 10.2 Å². The van der Waals surface area contributed by atoms with Crippen molar-refractivity contribution in [1.82, 2.24) is 25.3 Å². The summed E-state index contributed by atoms with van der Waals surface area (Å²) in [6, 6.07) is 5.61. The lowest BCUT2D eigenvalue weighted by molar-refractivity contribution is 0.0949. The number of ether oxygens (including phenoxy) is 2. The standard InChI is InChI=1S/C14H13N5O3S/c1-21-13-17-11(18-14(19-13)22-2)6-15-12(20)8-3-4-9-10(5-8)23-7-16-9/h3-5,7H,6H2,1-2H3,(H,15,20). The Morgan fingerprint density at radius 3 is 2.61 bits per heavy atom. The summed E-state index contributed by atoms with van der Waals surface area (Å²) >= 11 is 1.49. The maximum atomic E-state index is 12.2. The van der Waals surface area contributed by atoms with Gasteiger partial charge in [-0.15, -0.1) is 16.3 Å². The molecule has 9 heteroatoms. The second kappa shape index (κ2) is 6.53. The van der Waals surface area contributed by atoms with Crippen LogP contribution in [0.5, 0.6) is 12.0 Å². The van der Waals surface area contributed by atoms with Crippen LogP contribution in [0.4, 0.5) is 0 Å². The quantitative estimate of drug-likeness (QED) is 0.755. The fraction of sp³-hybridized carbons (Fsp3) is 0.214. The number of carbonyl (C=O) groups is 1. The van der Waals surface area contributed by atoms with E-state index in [1.807, 2.05) is 6.07 Å². The zero-order valence-electron chi connectivity index (χ0n) is 12.4. The average molecular weight is 331 g/mol. The van der Waals surface area contributed by atoms with Crippen molar-refractivity contribution in [2.24, 2.45) is 0 Å². The zero-order chi connectivity index (χ0) is 16.2. The zero-order valence-corrected chi connectivity index (χ0v) is 13.3. The molecule has 23 heavy (non-hydrogen) atoms. The smallest absolute Gasteiger partial charge is 0.322 e. The molecule has 1 N–H and O–H groups in total. The van der Waals surface area contributed by atoms with Crippen LogP contribution in [0.2, 0.25) is 0 Å². The molecule has 3 rings (SSSR count). The average Bonchev–Trinajstić information content (AvgIpc) is 3.06. The summed E-state index contributed by atoms with van der Waals surface area (Å²) in [4.78, 5) is 28.4. The summed E-state index contributed by atoms with van der Waals surface area (Å²) in [7, 11) is 2.89. The molecule has 2 heterocycles. The Morgan fingerprint density at radius 1 is 1.17 bits per heavy atom. The highest BCUT2D eigenvalue weighted by molar-refractivity contribution is 7.16. The molecule has 2 aromatic heterocycles. The van der Waals surface area contributed by atoms with Crippen molar-refractivity contribution in [2.45, 2.75) is 6.54 Å². The first-order chi connectivity index (χ1) is 11.2. The molecule has 8 nitrogen and oxygen atoms in total. The maximum absolute atomic E-state index is 12.2. The van der Waals surface area contributed by atoms with Crippen molar-refractivity contribution in [3.05, 3.63) is 35.1 Å². The van der Waals surface area contributed by atoms with E-state index in [0.29, 0.717) is 11.4 Å². The highest BCUT2D eigenvalue weighted by atomic mass is 32.1. The maximum Gasteiger partial charge on any atom is 0.322 e. The highest BCUT2D eigenvalue weighted by Crippen LogP contribution is 2.19. The minimum absolute atomic E-state index is 0.132. The predicted octanol–water partition coefficient (Wildman–Crippen LogP) is 1.43. The molecular formula is C14H13N5O3S. The fourth-order valence-electron chi connectivity index (χ4n) is 1.90. The number of hydrogen-bond donors (Lipinski definition) is 1. The summed E-state index contributed by atoms with van der Waals surface area (Å²) in [6.07, 6.45) is 0. The second-order valence-corrected chi connectivity index (χ2v) is 5.33. The summed E-state index contributed by atoms with van der Waals surface area (Å²) < 4.78 is 10.9. The first-order valence-corrected chi connectivity index (χ1v) is 7.52. The van der Waals surface area contributed by atoms with E-state index >= 15 is 0 Å². The summed E-state index contributed by atoms with van der Waals surface area (Å²) in [5, 5.41) is 2.76. The van der Waals surface area contributed by atoms with Crippen molar-refractivity contribution in [3.8, 4) is 12.0 Å². The molecule has 0 aliphatic carbocycles. The normalized spacial score (nSPS) is 10.5. The van der Waals surface area contributed by atoms with Gasteiger partial charge in [-0.2, -0.15) is 9.97 Å². The molecule has 0 aliphatic rings. The molecule has 0 atom stereocenters. The summed E-state index contributed by atoms with van der Waals surface area (Å²) in [5.74, 6) is 0.125. The summed E-state index contributed by atoms with van der Waals surface area (Å²) in [5.41, 5.74) is 3.17. The molecular weight excluding hydrogens is 318 g/mol. The predicted molar refractivity (Wildman–Crippen MR) is 83.7 cm³/mol. The molecule has 1 amide bonds. The van der Waals surface area contributed by atoms with Gasteiger partial charge in [0.15, 0.2) is 5.82 Å². The van der Waals surface area contributed by atoms with Gasteiger partial charge >= 0.3 is 12.0 Å². The number of fused-ring (bicyclic) bond motifs is 1.